The van der Waals surface area contributed by atoms with Crippen LogP contribution in [0.25, 0.3) is 0 Å². The number of carbonyl (C=O) groups excluding carboxylic acids is 1. The van der Waals surface area contributed by atoms with Gasteiger partial charge in [0, 0.05) is 19.1 Å². The van der Waals surface area contributed by atoms with Crippen molar-refractivity contribution in [3.63, 3.8) is 0 Å². The SMILES string of the molecule is COc1cc(CNC(C)CN2CCCCC2)cc(Cl)c1OCC(N)=O. The summed E-state index contributed by atoms with van der Waals surface area (Å²) >= 11 is 6.27. The van der Waals surface area contributed by atoms with Gasteiger partial charge in [0.1, 0.15) is 0 Å². The number of piperidine rings is 1. The highest BCUT2D eigenvalue weighted by Crippen LogP contribution is 2.36. The molecule has 1 amide bonds. The molecule has 1 aliphatic rings. The second kappa shape index (κ2) is 9.85. The van der Waals surface area contributed by atoms with Gasteiger partial charge in [0.05, 0.1) is 12.1 Å². The van der Waals surface area contributed by atoms with Crippen LogP contribution in [0, 0.1) is 0 Å². The first kappa shape index (κ1) is 19.8. The Hall–Kier alpha value is -1.50. The molecule has 0 aliphatic carbocycles. The normalized spacial score (nSPS) is 16.4. The van der Waals surface area contributed by atoms with Gasteiger partial charge >= 0.3 is 0 Å². The summed E-state index contributed by atoms with van der Waals surface area (Å²) in [6, 6.07) is 4.07. The van der Waals surface area contributed by atoms with Gasteiger partial charge in [-0.25, -0.2) is 0 Å². The minimum atomic E-state index is -0.560. The average molecular weight is 370 g/mol. The lowest BCUT2D eigenvalue weighted by Gasteiger charge is -2.29. The van der Waals surface area contributed by atoms with Crippen molar-refractivity contribution in [2.75, 3.05) is 33.4 Å². The molecule has 0 spiro atoms. The zero-order valence-electron chi connectivity index (χ0n) is 15.0. The van der Waals surface area contributed by atoms with Crippen molar-refractivity contribution in [2.45, 2.75) is 38.8 Å². The summed E-state index contributed by atoms with van der Waals surface area (Å²) in [5, 5.41) is 3.93. The topological polar surface area (TPSA) is 76.8 Å². The second-order valence-electron chi connectivity index (χ2n) is 6.51. The number of likely N-dealkylation sites (tertiary alicyclic amines) is 1. The van der Waals surface area contributed by atoms with Crippen molar-refractivity contribution in [1.82, 2.24) is 10.2 Å². The predicted molar refractivity (Wildman–Crippen MR) is 99.3 cm³/mol. The molecule has 25 heavy (non-hydrogen) atoms. The highest BCUT2D eigenvalue weighted by molar-refractivity contribution is 6.32. The van der Waals surface area contributed by atoms with Crippen LogP contribution in [0.4, 0.5) is 0 Å². The Morgan fingerprint density at radius 1 is 1.36 bits per heavy atom. The lowest BCUT2D eigenvalue weighted by molar-refractivity contribution is -0.119. The van der Waals surface area contributed by atoms with Gasteiger partial charge in [-0.3, -0.25) is 4.79 Å². The molecule has 3 N–H and O–H groups in total. The van der Waals surface area contributed by atoms with Crippen LogP contribution in [-0.2, 0) is 11.3 Å². The Balaban J connectivity index is 1.92. The minimum absolute atomic E-state index is 0.236. The van der Waals surface area contributed by atoms with E-state index >= 15 is 0 Å². The van der Waals surface area contributed by atoms with E-state index < -0.39 is 5.91 Å². The number of rotatable bonds is 9. The molecular formula is C18H28ClN3O3. The molecule has 1 saturated heterocycles. The summed E-state index contributed by atoms with van der Waals surface area (Å²) in [4.78, 5) is 13.4. The molecular weight excluding hydrogens is 342 g/mol. The zero-order valence-corrected chi connectivity index (χ0v) is 15.8. The number of ether oxygens (including phenoxy) is 2. The van der Waals surface area contributed by atoms with Gasteiger partial charge in [-0.1, -0.05) is 18.0 Å². The van der Waals surface area contributed by atoms with Gasteiger partial charge in [-0.15, -0.1) is 0 Å². The van der Waals surface area contributed by atoms with Gasteiger partial charge in [0.15, 0.2) is 18.1 Å². The van der Waals surface area contributed by atoms with E-state index in [9.17, 15) is 4.79 Å². The first-order valence-corrected chi connectivity index (χ1v) is 9.10. The molecule has 2 rings (SSSR count). The number of hydrogen-bond donors (Lipinski definition) is 2. The molecule has 1 heterocycles. The Labute approximate surface area is 154 Å². The molecule has 1 aliphatic heterocycles. The van der Waals surface area contributed by atoms with Gasteiger partial charge < -0.3 is 25.4 Å². The third kappa shape index (κ3) is 6.38. The Morgan fingerprint density at radius 3 is 2.72 bits per heavy atom. The summed E-state index contributed by atoms with van der Waals surface area (Å²) in [5.41, 5.74) is 6.11. The highest BCUT2D eigenvalue weighted by Gasteiger charge is 2.15. The fourth-order valence-corrected chi connectivity index (χ4v) is 3.33. The Bertz CT molecular complexity index is 577. The third-order valence-corrected chi connectivity index (χ3v) is 4.56. The van der Waals surface area contributed by atoms with Crippen LogP contribution < -0.4 is 20.5 Å². The van der Waals surface area contributed by atoms with E-state index in [4.69, 9.17) is 26.8 Å². The van der Waals surface area contributed by atoms with E-state index in [0.717, 1.165) is 12.1 Å². The number of nitrogens with zero attached hydrogens (tertiary/aromatic N) is 1. The first-order valence-electron chi connectivity index (χ1n) is 8.73. The molecule has 1 atom stereocenters. The summed E-state index contributed by atoms with van der Waals surface area (Å²) in [7, 11) is 1.54. The standard InChI is InChI=1S/C18H28ClN3O3/c1-13(11-22-6-4-3-5-7-22)21-10-14-8-15(19)18(16(9-14)24-2)25-12-17(20)23/h8-9,13,21H,3-7,10-12H2,1-2H3,(H2,20,23). The lowest BCUT2D eigenvalue weighted by atomic mass is 10.1. The quantitative estimate of drug-likeness (QED) is 0.697. The van der Waals surface area contributed by atoms with Crippen LogP contribution >= 0.6 is 11.6 Å². The van der Waals surface area contributed by atoms with E-state index in [1.54, 1.807) is 7.11 Å². The third-order valence-electron chi connectivity index (χ3n) is 4.28. The summed E-state index contributed by atoms with van der Waals surface area (Å²) < 4.78 is 10.7. The van der Waals surface area contributed by atoms with Crippen molar-refractivity contribution in [2.24, 2.45) is 5.73 Å². The molecule has 140 valence electrons. The van der Waals surface area contributed by atoms with Crippen molar-refractivity contribution in [3.8, 4) is 11.5 Å². The van der Waals surface area contributed by atoms with E-state index in [1.807, 2.05) is 12.1 Å². The van der Waals surface area contributed by atoms with Crippen LogP contribution in [0.3, 0.4) is 0 Å². The lowest BCUT2D eigenvalue weighted by Crippen LogP contribution is -2.41. The van der Waals surface area contributed by atoms with Gasteiger partial charge in [0.2, 0.25) is 0 Å². The molecule has 0 radical (unpaired) electrons. The monoisotopic (exact) mass is 369 g/mol. The molecule has 0 bridgehead atoms. The largest absolute Gasteiger partial charge is 0.493 e. The number of carbonyl (C=O) groups is 1. The van der Waals surface area contributed by atoms with Crippen LogP contribution in [0.5, 0.6) is 11.5 Å². The molecule has 0 aromatic heterocycles. The number of benzene rings is 1. The number of amides is 1. The van der Waals surface area contributed by atoms with Crippen LogP contribution in [0.15, 0.2) is 12.1 Å². The van der Waals surface area contributed by atoms with E-state index in [2.05, 4.69) is 17.1 Å². The van der Waals surface area contributed by atoms with Crippen molar-refractivity contribution >= 4 is 17.5 Å². The maximum atomic E-state index is 10.9. The number of nitrogens with two attached hydrogens (primary N) is 1. The fraction of sp³-hybridized carbons (Fsp3) is 0.611. The van der Waals surface area contributed by atoms with E-state index in [1.165, 1.54) is 32.4 Å². The molecule has 1 fully saturated rings. The summed E-state index contributed by atoms with van der Waals surface area (Å²) in [5.74, 6) is 0.276. The molecule has 7 heteroatoms. The zero-order chi connectivity index (χ0) is 18.2. The molecule has 1 aromatic carbocycles. The molecule has 1 unspecified atom stereocenters. The smallest absolute Gasteiger partial charge is 0.255 e. The number of halogens is 1. The van der Waals surface area contributed by atoms with E-state index in [0.29, 0.717) is 29.1 Å². The second-order valence-corrected chi connectivity index (χ2v) is 6.91. The fourth-order valence-electron chi connectivity index (χ4n) is 3.04. The average Bonchev–Trinajstić information content (AvgIpc) is 2.59. The molecule has 6 nitrogen and oxygen atoms in total. The van der Waals surface area contributed by atoms with Gasteiger partial charge in [0.25, 0.3) is 5.91 Å². The van der Waals surface area contributed by atoms with Crippen molar-refractivity contribution < 1.29 is 14.3 Å². The number of methoxy groups -OCH3 is 1. The minimum Gasteiger partial charge on any atom is -0.493 e. The maximum Gasteiger partial charge on any atom is 0.255 e. The van der Waals surface area contributed by atoms with Crippen molar-refractivity contribution in [3.05, 3.63) is 22.7 Å². The van der Waals surface area contributed by atoms with Gasteiger partial charge in [-0.2, -0.15) is 0 Å². The predicted octanol–water partition coefficient (Wildman–Crippen LogP) is 2.18. The first-order chi connectivity index (χ1) is 12.0. The molecule has 0 saturated carbocycles. The van der Waals surface area contributed by atoms with E-state index in [-0.39, 0.29) is 6.61 Å². The summed E-state index contributed by atoms with van der Waals surface area (Å²) in [6.45, 7) is 6.07. The number of hydrogen-bond acceptors (Lipinski definition) is 5. The van der Waals surface area contributed by atoms with Crippen LogP contribution in [0.1, 0.15) is 31.7 Å². The van der Waals surface area contributed by atoms with Crippen molar-refractivity contribution in [1.29, 1.82) is 0 Å². The summed E-state index contributed by atoms with van der Waals surface area (Å²) in [6.07, 6.45) is 3.94. The highest BCUT2D eigenvalue weighted by atomic mass is 35.5. The van der Waals surface area contributed by atoms with Crippen LogP contribution in [0.2, 0.25) is 5.02 Å². The number of nitrogens with one attached hydrogen (secondary N) is 1. The van der Waals surface area contributed by atoms with Crippen LogP contribution in [-0.4, -0.2) is 50.2 Å². The maximum absolute atomic E-state index is 10.9. The van der Waals surface area contributed by atoms with Gasteiger partial charge in [-0.05, 0) is 50.6 Å². The Kier molecular flexibility index (Phi) is 7.81. The number of primary amides is 1. The Morgan fingerprint density at radius 2 is 2.08 bits per heavy atom. The molecule has 1 aromatic rings.